The Morgan fingerprint density at radius 2 is 1.41 bits per heavy atom. The van der Waals surface area contributed by atoms with Gasteiger partial charge in [-0.1, -0.05) is 49.4 Å². The second kappa shape index (κ2) is 11.1. The number of hydrogen-bond donors (Lipinski definition) is 2. The number of nitrogens with zero attached hydrogens (tertiary/aromatic N) is 3. The normalized spacial score (nSPS) is 10.5. The molecule has 0 saturated carbocycles. The van der Waals surface area contributed by atoms with Gasteiger partial charge in [0.25, 0.3) is 0 Å². The van der Waals surface area contributed by atoms with E-state index in [4.69, 9.17) is 4.74 Å². The summed E-state index contributed by atoms with van der Waals surface area (Å²) in [6, 6.07) is 30.2. The number of carbonyl (C=O) groups is 1. The third-order valence-electron chi connectivity index (χ3n) is 5.65. The van der Waals surface area contributed by atoms with Crippen LogP contribution in [-0.4, -0.2) is 21.0 Å². The summed E-state index contributed by atoms with van der Waals surface area (Å²) in [5, 5.41) is 5.69. The van der Waals surface area contributed by atoms with Crippen LogP contribution < -0.4 is 15.4 Å². The fourth-order valence-electron chi connectivity index (χ4n) is 3.77. The van der Waals surface area contributed by atoms with Gasteiger partial charge in [-0.15, -0.1) is 0 Å². The first-order valence-corrected chi connectivity index (χ1v) is 12.0. The van der Waals surface area contributed by atoms with Crippen LogP contribution in [0, 0.1) is 0 Å². The molecule has 2 N–H and O–H groups in total. The van der Waals surface area contributed by atoms with Crippen molar-refractivity contribution in [3.63, 3.8) is 0 Å². The summed E-state index contributed by atoms with van der Waals surface area (Å²) in [7, 11) is 0. The zero-order valence-corrected chi connectivity index (χ0v) is 20.3. The van der Waals surface area contributed by atoms with Crippen LogP contribution in [0.1, 0.15) is 12.7 Å². The lowest BCUT2D eigenvalue weighted by Crippen LogP contribution is -2.19. The number of benzene rings is 3. The molecule has 7 nitrogen and oxygen atoms in total. The average molecular weight is 488 g/mol. The van der Waals surface area contributed by atoms with Crippen LogP contribution in [-0.2, 0) is 6.42 Å². The summed E-state index contributed by atoms with van der Waals surface area (Å²) in [6.07, 6.45) is 4.15. The van der Waals surface area contributed by atoms with Gasteiger partial charge in [0.05, 0.1) is 11.3 Å². The third-order valence-corrected chi connectivity index (χ3v) is 5.65. The maximum atomic E-state index is 12.5. The summed E-state index contributed by atoms with van der Waals surface area (Å²) in [4.78, 5) is 25.7. The van der Waals surface area contributed by atoms with E-state index >= 15 is 0 Å². The number of amides is 2. The molecule has 2 heterocycles. The molecule has 0 aliphatic heterocycles. The standard InChI is InChI=1S/C30H25N5O2/c1-2-28-31-20-18-27(35-28)26-9-6-19-32-29(26)37-25-16-14-24(15-17-25)34-30(36)33-23-12-10-22(11-13-23)21-7-4-3-5-8-21/h3-20H,2H2,1H3,(H2,33,34,36). The van der Waals surface area contributed by atoms with Crippen molar-refractivity contribution < 1.29 is 9.53 Å². The summed E-state index contributed by atoms with van der Waals surface area (Å²) in [5.41, 5.74) is 5.08. The second-order valence-electron chi connectivity index (χ2n) is 8.22. The Morgan fingerprint density at radius 3 is 2.11 bits per heavy atom. The summed E-state index contributed by atoms with van der Waals surface area (Å²) in [6.45, 7) is 2.01. The summed E-state index contributed by atoms with van der Waals surface area (Å²) < 4.78 is 6.04. The van der Waals surface area contributed by atoms with Gasteiger partial charge in [-0.2, -0.15) is 0 Å². The topological polar surface area (TPSA) is 89.0 Å². The highest BCUT2D eigenvalue weighted by Gasteiger charge is 2.11. The molecule has 5 rings (SSSR count). The number of aromatic nitrogens is 3. The van der Waals surface area contributed by atoms with Crippen molar-refractivity contribution in [2.45, 2.75) is 13.3 Å². The van der Waals surface area contributed by atoms with Crippen LogP contribution in [0.15, 0.2) is 109 Å². The van der Waals surface area contributed by atoms with E-state index in [1.165, 1.54) is 0 Å². The smallest absolute Gasteiger partial charge is 0.323 e. The minimum absolute atomic E-state index is 0.330. The first-order chi connectivity index (χ1) is 18.2. The molecule has 3 aromatic carbocycles. The highest BCUT2D eigenvalue weighted by Crippen LogP contribution is 2.30. The number of rotatable bonds is 7. The lowest BCUT2D eigenvalue weighted by molar-refractivity contribution is 0.262. The molecule has 5 aromatic rings. The fourth-order valence-corrected chi connectivity index (χ4v) is 3.77. The molecule has 2 amide bonds. The van der Waals surface area contributed by atoms with Crippen LogP contribution in [0.2, 0.25) is 0 Å². The molecule has 7 heteroatoms. The molecule has 0 fully saturated rings. The molecule has 0 bridgehead atoms. The Bertz CT molecular complexity index is 1490. The number of carbonyl (C=O) groups excluding carboxylic acids is 1. The summed E-state index contributed by atoms with van der Waals surface area (Å²) >= 11 is 0. The number of ether oxygens (including phenoxy) is 1. The minimum atomic E-state index is -0.330. The van der Waals surface area contributed by atoms with Crippen molar-refractivity contribution in [1.82, 2.24) is 15.0 Å². The number of nitrogens with one attached hydrogen (secondary N) is 2. The molecule has 0 radical (unpaired) electrons. The highest BCUT2D eigenvalue weighted by atomic mass is 16.5. The molecule has 0 spiro atoms. The number of urea groups is 1. The zero-order valence-electron chi connectivity index (χ0n) is 20.3. The lowest BCUT2D eigenvalue weighted by atomic mass is 10.1. The van der Waals surface area contributed by atoms with E-state index in [-0.39, 0.29) is 6.03 Å². The van der Waals surface area contributed by atoms with E-state index < -0.39 is 0 Å². The maximum absolute atomic E-state index is 12.5. The Kier molecular flexibility index (Phi) is 7.13. The average Bonchev–Trinajstić information content (AvgIpc) is 2.95. The number of aryl methyl sites for hydroxylation is 1. The molecule has 0 aliphatic rings. The van der Waals surface area contributed by atoms with E-state index in [9.17, 15) is 4.79 Å². The molecule has 2 aromatic heterocycles. The van der Waals surface area contributed by atoms with Crippen molar-refractivity contribution >= 4 is 17.4 Å². The van der Waals surface area contributed by atoms with Gasteiger partial charge < -0.3 is 15.4 Å². The van der Waals surface area contributed by atoms with Crippen molar-refractivity contribution in [2.75, 3.05) is 10.6 Å². The molecule has 0 aliphatic carbocycles. The first kappa shape index (κ1) is 23.7. The molecule has 37 heavy (non-hydrogen) atoms. The molecule has 0 saturated heterocycles. The molecular weight excluding hydrogens is 462 g/mol. The molecule has 0 unspecified atom stereocenters. The van der Waals surface area contributed by atoms with Gasteiger partial charge in [0.15, 0.2) is 0 Å². The van der Waals surface area contributed by atoms with Gasteiger partial charge in [-0.25, -0.2) is 19.7 Å². The van der Waals surface area contributed by atoms with Crippen molar-refractivity contribution in [1.29, 1.82) is 0 Å². The van der Waals surface area contributed by atoms with Crippen molar-refractivity contribution in [2.24, 2.45) is 0 Å². The zero-order chi connectivity index (χ0) is 25.5. The second-order valence-corrected chi connectivity index (χ2v) is 8.22. The Hall–Kier alpha value is -5.04. The van der Waals surface area contributed by atoms with E-state index in [1.54, 1.807) is 36.7 Å². The molecule has 182 valence electrons. The van der Waals surface area contributed by atoms with Gasteiger partial charge >= 0.3 is 6.03 Å². The van der Waals surface area contributed by atoms with Gasteiger partial charge in [-0.3, -0.25) is 0 Å². The van der Waals surface area contributed by atoms with E-state index in [0.717, 1.165) is 34.6 Å². The first-order valence-electron chi connectivity index (χ1n) is 12.0. The van der Waals surface area contributed by atoms with Gasteiger partial charge in [0, 0.05) is 30.2 Å². The molecule has 0 atom stereocenters. The lowest BCUT2D eigenvalue weighted by Gasteiger charge is -2.11. The van der Waals surface area contributed by atoms with E-state index in [1.807, 2.05) is 67.6 Å². The van der Waals surface area contributed by atoms with Gasteiger partial charge in [-0.05, 0) is 65.7 Å². The van der Waals surface area contributed by atoms with Crippen molar-refractivity contribution in [3.8, 4) is 34.0 Å². The van der Waals surface area contributed by atoms with Crippen LogP contribution in [0.5, 0.6) is 11.6 Å². The number of anilines is 2. The maximum Gasteiger partial charge on any atom is 0.323 e. The van der Waals surface area contributed by atoms with Crippen LogP contribution in [0.25, 0.3) is 22.4 Å². The Balaban J connectivity index is 1.21. The Morgan fingerprint density at radius 1 is 0.730 bits per heavy atom. The van der Waals surface area contributed by atoms with Gasteiger partial charge in [0.2, 0.25) is 5.88 Å². The summed E-state index contributed by atoms with van der Waals surface area (Å²) in [5.74, 6) is 1.79. The van der Waals surface area contributed by atoms with Crippen molar-refractivity contribution in [3.05, 3.63) is 115 Å². The number of hydrogen-bond acceptors (Lipinski definition) is 5. The quantitative estimate of drug-likeness (QED) is 0.253. The fraction of sp³-hybridized carbons (Fsp3) is 0.0667. The third kappa shape index (κ3) is 5.97. The number of pyridine rings is 1. The van der Waals surface area contributed by atoms with Gasteiger partial charge in [0.1, 0.15) is 11.6 Å². The Labute approximate surface area is 215 Å². The van der Waals surface area contributed by atoms with E-state index in [0.29, 0.717) is 23.0 Å². The predicted molar refractivity (Wildman–Crippen MR) is 146 cm³/mol. The largest absolute Gasteiger partial charge is 0.438 e. The molecular formula is C30H25N5O2. The van der Waals surface area contributed by atoms with Crippen LogP contribution >= 0.6 is 0 Å². The monoisotopic (exact) mass is 487 g/mol. The van der Waals surface area contributed by atoms with E-state index in [2.05, 4.69) is 37.7 Å². The highest BCUT2D eigenvalue weighted by molar-refractivity contribution is 5.99. The van der Waals surface area contributed by atoms with Crippen LogP contribution in [0.4, 0.5) is 16.2 Å². The predicted octanol–water partition coefficient (Wildman–Crippen LogP) is 7.20. The minimum Gasteiger partial charge on any atom is -0.438 e. The SMILES string of the molecule is CCc1nccc(-c2cccnc2Oc2ccc(NC(=O)Nc3ccc(-c4ccccc4)cc3)cc2)n1. The van der Waals surface area contributed by atoms with Crippen LogP contribution in [0.3, 0.4) is 0 Å².